The van der Waals surface area contributed by atoms with Crippen LogP contribution in [0, 0.1) is 12.8 Å². The van der Waals surface area contributed by atoms with Gasteiger partial charge in [-0.05, 0) is 13.3 Å². The fraction of sp³-hybridized carbons (Fsp3) is 0.750. The minimum Gasteiger partial charge on any atom is -0.381 e. The third kappa shape index (κ3) is 4.25. The summed E-state index contributed by atoms with van der Waals surface area (Å²) in [6.45, 7) is 7.42. The molecule has 3 heterocycles. The number of carbonyl (C=O) groups is 1. The molecule has 2 N–H and O–H groups in total. The molecule has 24 heavy (non-hydrogen) atoms. The van der Waals surface area contributed by atoms with Crippen LogP contribution in [-0.2, 0) is 16.5 Å². The molecule has 8 nitrogen and oxygen atoms in total. The number of rotatable bonds is 5. The van der Waals surface area contributed by atoms with E-state index in [1.54, 1.807) is 4.68 Å². The van der Waals surface area contributed by atoms with Crippen LogP contribution < -0.4 is 10.6 Å². The van der Waals surface area contributed by atoms with E-state index >= 15 is 0 Å². The van der Waals surface area contributed by atoms with E-state index in [1.165, 1.54) is 0 Å². The summed E-state index contributed by atoms with van der Waals surface area (Å²) in [7, 11) is 1.81. The van der Waals surface area contributed by atoms with E-state index in [0.29, 0.717) is 18.3 Å². The lowest BCUT2D eigenvalue weighted by atomic mass is 9.97. The second kappa shape index (κ2) is 7.96. The number of hydrogen-bond acceptors (Lipinski definition) is 5. The lowest BCUT2D eigenvalue weighted by Crippen LogP contribution is -2.52. The van der Waals surface area contributed by atoms with Gasteiger partial charge in [0.1, 0.15) is 5.82 Å². The standard InChI is InChI=1S/C16H27N5O3/c1-12-9-15(20(2)19-12)18-16(22)17-10-14(13-3-6-24-11-13)21-4-7-23-8-5-21/h9,13-14H,3-8,10-11H2,1-2H3,(H2,17,18,22). The van der Waals surface area contributed by atoms with Gasteiger partial charge in [0.2, 0.25) is 0 Å². The Morgan fingerprint density at radius 2 is 2.17 bits per heavy atom. The summed E-state index contributed by atoms with van der Waals surface area (Å²) in [5, 5.41) is 10.1. The zero-order valence-corrected chi connectivity index (χ0v) is 14.5. The van der Waals surface area contributed by atoms with E-state index in [4.69, 9.17) is 9.47 Å². The Kier molecular flexibility index (Phi) is 5.70. The molecule has 0 radical (unpaired) electrons. The lowest BCUT2D eigenvalue weighted by molar-refractivity contribution is 0.00221. The summed E-state index contributed by atoms with van der Waals surface area (Å²) in [6, 6.07) is 1.94. The van der Waals surface area contributed by atoms with Gasteiger partial charge in [0.05, 0.1) is 25.5 Å². The van der Waals surface area contributed by atoms with Crippen molar-refractivity contribution in [2.24, 2.45) is 13.0 Å². The molecule has 2 amide bonds. The van der Waals surface area contributed by atoms with E-state index in [1.807, 2.05) is 20.0 Å². The molecule has 2 fully saturated rings. The van der Waals surface area contributed by atoms with Gasteiger partial charge in [-0.25, -0.2) is 4.79 Å². The number of aromatic nitrogens is 2. The molecule has 1 aromatic rings. The summed E-state index contributed by atoms with van der Waals surface area (Å²) in [6.07, 6.45) is 1.05. The summed E-state index contributed by atoms with van der Waals surface area (Å²) in [4.78, 5) is 14.7. The van der Waals surface area contributed by atoms with Gasteiger partial charge in [-0.1, -0.05) is 0 Å². The van der Waals surface area contributed by atoms with Gasteiger partial charge < -0.3 is 14.8 Å². The highest BCUT2D eigenvalue weighted by Gasteiger charge is 2.31. The summed E-state index contributed by atoms with van der Waals surface area (Å²) < 4.78 is 12.7. The van der Waals surface area contributed by atoms with Gasteiger partial charge in [-0.15, -0.1) is 0 Å². The van der Waals surface area contributed by atoms with Crippen molar-refractivity contribution in [2.75, 3.05) is 51.4 Å². The molecule has 3 rings (SSSR count). The number of nitrogens with one attached hydrogen (secondary N) is 2. The zero-order chi connectivity index (χ0) is 16.9. The highest BCUT2D eigenvalue weighted by Crippen LogP contribution is 2.22. The van der Waals surface area contributed by atoms with Crippen LogP contribution in [-0.4, -0.2) is 72.8 Å². The van der Waals surface area contributed by atoms with Crippen molar-refractivity contribution in [1.82, 2.24) is 20.0 Å². The summed E-state index contributed by atoms with van der Waals surface area (Å²) >= 11 is 0. The van der Waals surface area contributed by atoms with Gasteiger partial charge in [0, 0.05) is 51.3 Å². The number of carbonyl (C=O) groups excluding carboxylic acids is 1. The molecule has 1 aromatic heterocycles. The van der Waals surface area contributed by atoms with Crippen molar-refractivity contribution < 1.29 is 14.3 Å². The van der Waals surface area contributed by atoms with Gasteiger partial charge in [0.25, 0.3) is 0 Å². The maximum Gasteiger partial charge on any atom is 0.320 e. The Bertz CT molecular complexity index is 550. The summed E-state index contributed by atoms with van der Waals surface area (Å²) in [5.41, 5.74) is 0.877. The fourth-order valence-corrected chi connectivity index (χ4v) is 3.44. The average Bonchev–Trinajstić information content (AvgIpc) is 3.19. The number of ether oxygens (including phenoxy) is 2. The third-order valence-corrected chi connectivity index (χ3v) is 4.74. The minimum absolute atomic E-state index is 0.199. The largest absolute Gasteiger partial charge is 0.381 e. The number of aryl methyl sites for hydroxylation is 2. The number of anilines is 1. The Hall–Kier alpha value is -1.64. The molecule has 2 unspecified atom stereocenters. The molecular formula is C16H27N5O3. The maximum atomic E-state index is 12.2. The number of amides is 2. The van der Waals surface area contributed by atoms with Crippen LogP contribution in [0.5, 0.6) is 0 Å². The molecule has 2 saturated heterocycles. The highest BCUT2D eigenvalue weighted by atomic mass is 16.5. The number of hydrogen-bond donors (Lipinski definition) is 2. The van der Waals surface area contributed by atoms with Gasteiger partial charge in [-0.2, -0.15) is 5.10 Å². The van der Waals surface area contributed by atoms with Gasteiger partial charge >= 0.3 is 6.03 Å². The normalized spacial score (nSPS) is 23.2. The van der Waals surface area contributed by atoms with E-state index in [9.17, 15) is 4.79 Å². The quantitative estimate of drug-likeness (QED) is 0.822. The smallest absolute Gasteiger partial charge is 0.320 e. The van der Waals surface area contributed by atoms with Crippen molar-refractivity contribution in [3.63, 3.8) is 0 Å². The molecule has 2 atom stereocenters. The van der Waals surface area contributed by atoms with E-state index < -0.39 is 0 Å². The Balaban J connectivity index is 1.55. The molecule has 8 heteroatoms. The van der Waals surface area contributed by atoms with Crippen molar-refractivity contribution in [3.8, 4) is 0 Å². The van der Waals surface area contributed by atoms with Crippen molar-refractivity contribution in [1.29, 1.82) is 0 Å². The van der Waals surface area contributed by atoms with Crippen molar-refractivity contribution in [2.45, 2.75) is 19.4 Å². The SMILES string of the molecule is Cc1cc(NC(=O)NCC(C2CCOC2)N2CCOCC2)n(C)n1. The van der Waals surface area contributed by atoms with Crippen LogP contribution >= 0.6 is 0 Å². The maximum absolute atomic E-state index is 12.2. The molecular weight excluding hydrogens is 310 g/mol. The first kappa shape index (κ1) is 17.2. The monoisotopic (exact) mass is 337 g/mol. The number of urea groups is 1. The van der Waals surface area contributed by atoms with Crippen molar-refractivity contribution >= 4 is 11.8 Å². The molecule has 134 valence electrons. The van der Waals surface area contributed by atoms with Crippen LogP contribution in [0.15, 0.2) is 6.07 Å². The zero-order valence-electron chi connectivity index (χ0n) is 14.5. The molecule has 0 saturated carbocycles. The predicted molar refractivity (Wildman–Crippen MR) is 90.1 cm³/mol. The van der Waals surface area contributed by atoms with Crippen LogP contribution in [0.2, 0.25) is 0 Å². The third-order valence-electron chi connectivity index (χ3n) is 4.74. The topological polar surface area (TPSA) is 80.6 Å². The lowest BCUT2D eigenvalue weighted by Gasteiger charge is -2.37. The van der Waals surface area contributed by atoms with Crippen LogP contribution in [0.4, 0.5) is 10.6 Å². The Morgan fingerprint density at radius 3 is 2.79 bits per heavy atom. The Morgan fingerprint density at radius 1 is 1.38 bits per heavy atom. The van der Waals surface area contributed by atoms with Crippen LogP contribution in [0.25, 0.3) is 0 Å². The number of nitrogens with zero attached hydrogens (tertiary/aromatic N) is 3. The van der Waals surface area contributed by atoms with Gasteiger partial charge in [0.15, 0.2) is 0 Å². The predicted octanol–water partition coefficient (Wildman–Crippen LogP) is 0.587. The first-order valence-electron chi connectivity index (χ1n) is 8.58. The molecule has 0 spiro atoms. The molecule has 2 aliphatic heterocycles. The minimum atomic E-state index is -0.199. The second-order valence-electron chi connectivity index (χ2n) is 6.47. The van der Waals surface area contributed by atoms with E-state index in [-0.39, 0.29) is 12.1 Å². The molecule has 2 aliphatic rings. The number of morpholine rings is 1. The van der Waals surface area contributed by atoms with Crippen molar-refractivity contribution in [3.05, 3.63) is 11.8 Å². The molecule has 0 bridgehead atoms. The van der Waals surface area contributed by atoms with E-state index in [0.717, 1.165) is 51.6 Å². The Labute approximate surface area is 142 Å². The first-order chi connectivity index (χ1) is 11.6. The van der Waals surface area contributed by atoms with Crippen LogP contribution in [0.1, 0.15) is 12.1 Å². The first-order valence-corrected chi connectivity index (χ1v) is 8.58. The molecule has 0 aromatic carbocycles. The highest BCUT2D eigenvalue weighted by molar-refractivity contribution is 5.88. The molecule has 0 aliphatic carbocycles. The summed E-state index contributed by atoms with van der Waals surface area (Å²) in [5.74, 6) is 1.15. The van der Waals surface area contributed by atoms with E-state index in [2.05, 4.69) is 20.6 Å². The second-order valence-corrected chi connectivity index (χ2v) is 6.47. The van der Waals surface area contributed by atoms with Gasteiger partial charge in [-0.3, -0.25) is 14.9 Å². The fourth-order valence-electron chi connectivity index (χ4n) is 3.44. The van der Waals surface area contributed by atoms with Crippen LogP contribution in [0.3, 0.4) is 0 Å². The average molecular weight is 337 g/mol.